The van der Waals surface area contributed by atoms with Crippen molar-refractivity contribution >= 4 is 11.8 Å². The van der Waals surface area contributed by atoms with Crippen molar-refractivity contribution in [3.05, 3.63) is 24.3 Å². The van der Waals surface area contributed by atoms with Gasteiger partial charge in [-0.05, 0) is 76.8 Å². The number of hydrogen-bond acceptors (Lipinski definition) is 3. The van der Waals surface area contributed by atoms with E-state index in [4.69, 9.17) is 0 Å². The van der Waals surface area contributed by atoms with E-state index < -0.39 is 0 Å². The molecule has 1 N–H and O–H groups in total. The lowest BCUT2D eigenvalue weighted by molar-refractivity contribution is -0.142. The minimum atomic E-state index is -0.383. The van der Waals surface area contributed by atoms with E-state index in [9.17, 15) is 9.59 Å². The summed E-state index contributed by atoms with van der Waals surface area (Å²) in [5.41, 5.74) is 0. The van der Waals surface area contributed by atoms with Crippen molar-refractivity contribution in [2.24, 2.45) is 5.92 Å². The number of carbonyl (C=O) groups excluding carboxylic acids is 2. The Balaban J connectivity index is 2.33. The van der Waals surface area contributed by atoms with Gasteiger partial charge >= 0.3 is 0 Å². The Morgan fingerprint density at radius 3 is 1.57 bits per heavy atom. The van der Waals surface area contributed by atoms with Crippen molar-refractivity contribution in [1.82, 2.24) is 15.1 Å². The van der Waals surface area contributed by atoms with Crippen LogP contribution in [0.15, 0.2) is 24.3 Å². The molecule has 5 nitrogen and oxygen atoms in total. The van der Waals surface area contributed by atoms with Gasteiger partial charge in [0.25, 0.3) is 0 Å². The monoisotopic (exact) mass is 742 g/mol. The van der Waals surface area contributed by atoms with Crippen LogP contribution in [-0.2, 0) is 9.59 Å². The summed E-state index contributed by atoms with van der Waals surface area (Å²) in [5, 5.41) is 3.25. The molecular weight excluding hydrogens is 651 g/mol. The van der Waals surface area contributed by atoms with Gasteiger partial charge in [0.15, 0.2) is 0 Å². The highest BCUT2D eigenvalue weighted by Gasteiger charge is 2.32. The maximum Gasteiger partial charge on any atom is 0.243 e. The molecule has 53 heavy (non-hydrogen) atoms. The maximum absolute atomic E-state index is 13.7. The van der Waals surface area contributed by atoms with Crippen LogP contribution in [-0.4, -0.2) is 60.4 Å². The van der Waals surface area contributed by atoms with Gasteiger partial charge in [-0.25, -0.2) is 0 Å². The first-order chi connectivity index (χ1) is 26.0. The SMILES string of the molecule is CCCCC/C=C\C/C=C\CCCCCCCC(=O)N(CCN1CCCCC1)C(C(=O)NCCCCCCCCCCCCCCCCCC)C(C)C. The van der Waals surface area contributed by atoms with Crippen LogP contribution < -0.4 is 5.32 Å². The fourth-order valence-electron chi connectivity index (χ4n) is 7.88. The molecule has 5 heteroatoms. The molecule has 1 unspecified atom stereocenters. The number of hydrogen-bond donors (Lipinski definition) is 1. The first kappa shape index (κ1) is 49.4. The second-order valence-corrected chi connectivity index (χ2v) is 16.8. The molecule has 310 valence electrons. The fraction of sp³-hybridized carbons (Fsp3) is 0.875. The van der Waals surface area contributed by atoms with Gasteiger partial charge in [-0.15, -0.1) is 0 Å². The molecule has 2 amide bonds. The molecule has 1 fully saturated rings. The third-order valence-electron chi connectivity index (χ3n) is 11.3. The molecule has 0 spiro atoms. The Kier molecular flexibility index (Phi) is 34.8. The lowest BCUT2D eigenvalue weighted by Gasteiger charge is -2.36. The topological polar surface area (TPSA) is 52.7 Å². The van der Waals surface area contributed by atoms with Crippen molar-refractivity contribution in [3.8, 4) is 0 Å². The van der Waals surface area contributed by atoms with Crippen LogP contribution in [0.4, 0.5) is 0 Å². The Hall–Kier alpha value is -1.62. The van der Waals surface area contributed by atoms with Gasteiger partial charge < -0.3 is 15.1 Å². The van der Waals surface area contributed by atoms with Gasteiger partial charge in [0, 0.05) is 26.1 Å². The molecule has 1 saturated heterocycles. The van der Waals surface area contributed by atoms with Crippen LogP contribution in [0.3, 0.4) is 0 Å². The molecule has 1 heterocycles. The third-order valence-corrected chi connectivity index (χ3v) is 11.3. The average Bonchev–Trinajstić information content (AvgIpc) is 3.16. The van der Waals surface area contributed by atoms with Gasteiger partial charge in [0.2, 0.25) is 11.8 Å². The van der Waals surface area contributed by atoms with Crippen molar-refractivity contribution in [2.45, 2.75) is 233 Å². The molecule has 0 aromatic carbocycles. The summed E-state index contributed by atoms with van der Waals surface area (Å²) in [4.78, 5) is 31.8. The van der Waals surface area contributed by atoms with E-state index in [1.54, 1.807) is 0 Å². The number of allylic oxidation sites excluding steroid dienone is 4. The lowest BCUT2D eigenvalue weighted by Crippen LogP contribution is -2.54. The van der Waals surface area contributed by atoms with Gasteiger partial charge in [-0.2, -0.15) is 0 Å². The quantitative estimate of drug-likeness (QED) is 0.0509. The van der Waals surface area contributed by atoms with Crippen molar-refractivity contribution in [3.63, 3.8) is 0 Å². The van der Waals surface area contributed by atoms with Gasteiger partial charge in [-0.1, -0.05) is 187 Å². The molecule has 0 bridgehead atoms. The lowest BCUT2D eigenvalue weighted by atomic mass is 9.99. The van der Waals surface area contributed by atoms with E-state index in [0.29, 0.717) is 13.0 Å². The van der Waals surface area contributed by atoms with E-state index in [0.717, 1.165) is 58.3 Å². The minimum absolute atomic E-state index is 0.0491. The normalized spacial score (nSPS) is 14.5. The Labute approximate surface area is 331 Å². The molecular formula is C48H91N3O2. The highest BCUT2D eigenvalue weighted by Crippen LogP contribution is 2.18. The van der Waals surface area contributed by atoms with E-state index in [2.05, 4.69) is 62.2 Å². The summed E-state index contributed by atoms with van der Waals surface area (Å²) in [6.45, 7) is 13.3. The van der Waals surface area contributed by atoms with Gasteiger partial charge in [0.1, 0.15) is 6.04 Å². The zero-order valence-electron chi connectivity index (χ0n) is 36.1. The number of nitrogens with zero attached hydrogens (tertiary/aromatic N) is 2. The number of rotatable bonds is 37. The van der Waals surface area contributed by atoms with Crippen LogP contribution in [0.25, 0.3) is 0 Å². The summed E-state index contributed by atoms with van der Waals surface area (Å²) >= 11 is 0. The Morgan fingerprint density at radius 1 is 0.585 bits per heavy atom. The van der Waals surface area contributed by atoms with E-state index in [-0.39, 0.29) is 23.8 Å². The second kappa shape index (κ2) is 37.3. The summed E-state index contributed by atoms with van der Waals surface area (Å²) in [7, 11) is 0. The van der Waals surface area contributed by atoms with Crippen LogP contribution in [0.1, 0.15) is 227 Å². The fourth-order valence-corrected chi connectivity index (χ4v) is 7.88. The molecule has 1 aliphatic heterocycles. The van der Waals surface area contributed by atoms with Gasteiger partial charge in [-0.3, -0.25) is 9.59 Å². The van der Waals surface area contributed by atoms with E-state index in [1.165, 1.54) is 161 Å². The standard InChI is InChI=1S/C48H91N3O2/c1-5-7-9-11-13-15-17-19-21-23-25-27-29-31-33-36-40-49-48(53)47(45(3)4)51(44-43-50-41-37-34-38-42-50)46(52)39-35-32-30-28-26-24-22-20-18-16-14-12-10-8-6-2/h14,16,20,22,45,47H,5-13,15,17-19,21,23-44H2,1-4H3,(H,49,53)/b16-14-,22-20-. The number of nitrogens with one attached hydrogen (secondary N) is 1. The Morgan fingerprint density at radius 2 is 1.04 bits per heavy atom. The highest BCUT2D eigenvalue weighted by molar-refractivity contribution is 5.88. The molecule has 0 aliphatic carbocycles. The van der Waals surface area contributed by atoms with Crippen LogP contribution in [0, 0.1) is 5.92 Å². The van der Waals surface area contributed by atoms with E-state index in [1.807, 2.05) is 4.90 Å². The van der Waals surface area contributed by atoms with Crippen molar-refractivity contribution < 1.29 is 9.59 Å². The Bertz CT molecular complexity index is 878. The summed E-state index contributed by atoms with van der Waals surface area (Å²) in [6, 6.07) is -0.383. The zero-order chi connectivity index (χ0) is 38.5. The molecule has 1 aliphatic rings. The maximum atomic E-state index is 13.7. The van der Waals surface area contributed by atoms with Crippen molar-refractivity contribution in [1.29, 1.82) is 0 Å². The van der Waals surface area contributed by atoms with E-state index >= 15 is 0 Å². The first-order valence-electron chi connectivity index (χ1n) is 23.6. The molecule has 0 radical (unpaired) electrons. The largest absolute Gasteiger partial charge is 0.354 e. The second-order valence-electron chi connectivity index (χ2n) is 16.8. The molecule has 0 saturated carbocycles. The van der Waals surface area contributed by atoms with Gasteiger partial charge in [0.05, 0.1) is 0 Å². The number of likely N-dealkylation sites (tertiary alicyclic amines) is 1. The minimum Gasteiger partial charge on any atom is -0.354 e. The predicted molar refractivity (Wildman–Crippen MR) is 233 cm³/mol. The molecule has 1 atom stereocenters. The van der Waals surface area contributed by atoms with Crippen LogP contribution in [0.2, 0.25) is 0 Å². The third kappa shape index (κ3) is 29.4. The smallest absolute Gasteiger partial charge is 0.243 e. The van der Waals surface area contributed by atoms with Crippen molar-refractivity contribution in [2.75, 3.05) is 32.7 Å². The summed E-state index contributed by atoms with van der Waals surface area (Å²) in [5.74, 6) is 0.313. The summed E-state index contributed by atoms with van der Waals surface area (Å²) in [6.07, 6.45) is 48.2. The zero-order valence-corrected chi connectivity index (χ0v) is 36.1. The predicted octanol–water partition coefficient (Wildman–Crippen LogP) is 13.5. The first-order valence-corrected chi connectivity index (χ1v) is 23.6. The molecule has 0 aromatic rings. The van der Waals surface area contributed by atoms with Crippen LogP contribution >= 0.6 is 0 Å². The highest BCUT2D eigenvalue weighted by atomic mass is 16.2. The number of amides is 2. The number of unbranched alkanes of at least 4 members (excludes halogenated alkanes) is 23. The average molecular weight is 742 g/mol. The molecule has 1 rings (SSSR count). The molecule has 0 aromatic heterocycles. The number of carbonyl (C=O) groups is 2. The van der Waals surface area contributed by atoms with Crippen LogP contribution in [0.5, 0.6) is 0 Å². The summed E-state index contributed by atoms with van der Waals surface area (Å²) < 4.78 is 0. The number of piperidine rings is 1.